The normalized spacial score (nSPS) is 22.5. The maximum atomic E-state index is 11.6. The van der Waals surface area contributed by atoms with Gasteiger partial charge in [0.1, 0.15) is 0 Å². The molecular weight excluding hydrogens is 242 g/mol. The monoisotopic (exact) mass is 263 g/mol. The Morgan fingerprint density at radius 1 is 1.47 bits per heavy atom. The van der Waals surface area contributed by atoms with Gasteiger partial charge < -0.3 is 11.1 Å². The molecule has 1 rings (SSSR count). The van der Waals surface area contributed by atoms with Gasteiger partial charge in [0.15, 0.2) is 9.84 Å². The maximum absolute atomic E-state index is 11.6. The molecule has 17 heavy (non-hydrogen) atoms. The molecule has 1 saturated heterocycles. The number of amides is 1. The Kier molecular flexibility index (Phi) is 5.35. The minimum Gasteiger partial charge on any atom is -0.370 e. The van der Waals surface area contributed by atoms with Gasteiger partial charge in [-0.1, -0.05) is 0 Å². The molecule has 0 bridgehead atoms. The van der Waals surface area contributed by atoms with Crippen LogP contribution in [0.1, 0.15) is 13.3 Å². The van der Waals surface area contributed by atoms with Gasteiger partial charge in [0.2, 0.25) is 5.91 Å². The standard InChI is InChI=1S/C10H21N3O3S/c1-9-8-13(4-3-12-9)5-7-17(15,16)6-2-10(11)14/h9,12H,2-8H2,1H3,(H2,11,14)/t9-/m1/s1. The van der Waals surface area contributed by atoms with E-state index in [0.29, 0.717) is 12.6 Å². The molecule has 0 aromatic carbocycles. The van der Waals surface area contributed by atoms with Crippen molar-refractivity contribution in [3.63, 3.8) is 0 Å². The molecular formula is C10H21N3O3S. The Hall–Kier alpha value is -0.660. The van der Waals surface area contributed by atoms with Crippen LogP contribution in [0.15, 0.2) is 0 Å². The summed E-state index contributed by atoms with van der Waals surface area (Å²) < 4.78 is 23.2. The molecule has 0 spiro atoms. The summed E-state index contributed by atoms with van der Waals surface area (Å²) in [5.74, 6) is -0.596. The molecule has 0 aliphatic carbocycles. The zero-order valence-corrected chi connectivity index (χ0v) is 11.0. The summed E-state index contributed by atoms with van der Waals surface area (Å²) in [6, 6.07) is 0.400. The van der Waals surface area contributed by atoms with Gasteiger partial charge in [0, 0.05) is 38.6 Å². The number of carbonyl (C=O) groups is 1. The number of nitrogens with two attached hydrogens (primary N) is 1. The van der Waals surface area contributed by atoms with Gasteiger partial charge in [-0.05, 0) is 6.92 Å². The van der Waals surface area contributed by atoms with Crippen LogP contribution in [-0.4, -0.2) is 63.0 Å². The Labute approximate surface area is 102 Å². The molecule has 6 nitrogen and oxygen atoms in total. The second kappa shape index (κ2) is 6.32. The van der Waals surface area contributed by atoms with Crippen molar-refractivity contribution >= 4 is 15.7 Å². The molecule has 0 aromatic rings. The fourth-order valence-corrected chi connectivity index (χ4v) is 3.09. The Morgan fingerprint density at radius 3 is 2.76 bits per heavy atom. The van der Waals surface area contributed by atoms with Crippen molar-refractivity contribution in [3.05, 3.63) is 0 Å². The molecule has 0 radical (unpaired) electrons. The summed E-state index contributed by atoms with van der Waals surface area (Å²) >= 11 is 0. The number of hydrogen-bond acceptors (Lipinski definition) is 5. The average molecular weight is 263 g/mol. The fraction of sp³-hybridized carbons (Fsp3) is 0.900. The lowest BCUT2D eigenvalue weighted by molar-refractivity contribution is -0.117. The summed E-state index contributed by atoms with van der Waals surface area (Å²) in [6.45, 7) is 5.24. The van der Waals surface area contributed by atoms with Crippen LogP contribution in [0.2, 0.25) is 0 Å². The topological polar surface area (TPSA) is 92.5 Å². The van der Waals surface area contributed by atoms with E-state index in [0.717, 1.165) is 19.6 Å². The first kappa shape index (κ1) is 14.4. The molecule has 1 aliphatic heterocycles. The Morgan fingerprint density at radius 2 is 2.18 bits per heavy atom. The largest absolute Gasteiger partial charge is 0.370 e. The number of carbonyl (C=O) groups excluding carboxylic acids is 1. The third-order valence-corrected chi connectivity index (χ3v) is 4.46. The molecule has 7 heteroatoms. The highest BCUT2D eigenvalue weighted by Gasteiger charge is 2.18. The number of primary amides is 1. The van der Waals surface area contributed by atoms with Crippen LogP contribution < -0.4 is 11.1 Å². The van der Waals surface area contributed by atoms with Gasteiger partial charge in [0.25, 0.3) is 0 Å². The van der Waals surface area contributed by atoms with Crippen LogP contribution in [-0.2, 0) is 14.6 Å². The van der Waals surface area contributed by atoms with Crippen molar-refractivity contribution in [2.24, 2.45) is 5.73 Å². The quantitative estimate of drug-likeness (QED) is 0.613. The van der Waals surface area contributed by atoms with Crippen molar-refractivity contribution in [1.29, 1.82) is 0 Å². The lowest BCUT2D eigenvalue weighted by Gasteiger charge is -2.31. The van der Waals surface area contributed by atoms with Gasteiger partial charge in [0.05, 0.1) is 11.5 Å². The SMILES string of the molecule is C[C@@H]1CN(CCS(=O)(=O)CCC(N)=O)CCN1. The van der Waals surface area contributed by atoms with Crippen LogP contribution in [0.3, 0.4) is 0 Å². The molecule has 1 amide bonds. The molecule has 1 fully saturated rings. The van der Waals surface area contributed by atoms with Gasteiger partial charge in [-0.2, -0.15) is 0 Å². The molecule has 100 valence electrons. The van der Waals surface area contributed by atoms with E-state index >= 15 is 0 Å². The van der Waals surface area contributed by atoms with E-state index < -0.39 is 15.7 Å². The zero-order chi connectivity index (χ0) is 12.9. The van der Waals surface area contributed by atoms with E-state index in [1.54, 1.807) is 0 Å². The third kappa shape index (κ3) is 5.99. The van der Waals surface area contributed by atoms with E-state index in [1.807, 2.05) is 0 Å². The zero-order valence-electron chi connectivity index (χ0n) is 10.2. The Bertz CT molecular complexity index is 356. The van der Waals surface area contributed by atoms with Gasteiger partial charge in [-0.25, -0.2) is 8.42 Å². The van der Waals surface area contributed by atoms with Crippen molar-refractivity contribution in [1.82, 2.24) is 10.2 Å². The highest BCUT2D eigenvalue weighted by molar-refractivity contribution is 7.91. The minimum absolute atomic E-state index is 0.0830. The van der Waals surface area contributed by atoms with Crippen LogP contribution in [0.5, 0.6) is 0 Å². The van der Waals surface area contributed by atoms with Crippen LogP contribution in [0, 0.1) is 0 Å². The third-order valence-electron chi connectivity index (χ3n) is 2.83. The fourth-order valence-electron chi connectivity index (χ4n) is 1.84. The van der Waals surface area contributed by atoms with Gasteiger partial charge >= 0.3 is 0 Å². The van der Waals surface area contributed by atoms with Crippen LogP contribution in [0.4, 0.5) is 0 Å². The second-order valence-corrected chi connectivity index (χ2v) is 6.83. The summed E-state index contributed by atoms with van der Waals surface area (Å²) in [4.78, 5) is 12.7. The predicted molar refractivity (Wildman–Crippen MR) is 66.4 cm³/mol. The highest BCUT2D eigenvalue weighted by Crippen LogP contribution is 2.01. The molecule has 0 unspecified atom stereocenters. The molecule has 1 heterocycles. The second-order valence-electron chi connectivity index (χ2n) is 4.52. The summed E-state index contributed by atoms with van der Waals surface area (Å²) in [5, 5.41) is 3.30. The molecule has 0 saturated carbocycles. The van der Waals surface area contributed by atoms with E-state index in [2.05, 4.69) is 17.1 Å². The smallest absolute Gasteiger partial charge is 0.218 e. The lowest BCUT2D eigenvalue weighted by Crippen LogP contribution is -2.50. The lowest BCUT2D eigenvalue weighted by atomic mass is 10.2. The van der Waals surface area contributed by atoms with Crippen LogP contribution in [0.25, 0.3) is 0 Å². The summed E-state index contributed by atoms with van der Waals surface area (Å²) in [7, 11) is -3.16. The Balaban J connectivity index is 2.31. The van der Waals surface area contributed by atoms with Crippen molar-refractivity contribution in [2.75, 3.05) is 37.7 Å². The van der Waals surface area contributed by atoms with Gasteiger partial charge in [-0.3, -0.25) is 9.69 Å². The number of hydrogen-bond donors (Lipinski definition) is 2. The number of rotatable bonds is 6. The minimum atomic E-state index is -3.16. The summed E-state index contributed by atoms with van der Waals surface area (Å²) in [5.41, 5.74) is 4.93. The van der Waals surface area contributed by atoms with Crippen molar-refractivity contribution < 1.29 is 13.2 Å². The van der Waals surface area contributed by atoms with Crippen LogP contribution >= 0.6 is 0 Å². The van der Waals surface area contributed by atoms with E-state index in [9.17, 15) is 13.2 Å². The van der Waals surface area contributed by atoms with E-state index in [1.165, 1.54) is 0 Å². The molecule has 3 N–H and O–H groups in total. The number of nitrogens with zero attached hydrogens (tertiary/aromatic N) is 1. The predicted octanol–water partition coefficient (Wildman–Crippen LogP) is -1.43. The average Bonchev–Trinajstić information content (AvgIpc) is 2.24. The van der Waals surface area contributed by atoms with Crippen molar-refractivity contribution in [2.45, 2.75) is 19.4 Å². The number of nitrogens with one attached hydrogen (secondary N) is 1. The highest BCUT2D eigenvalue weighted by atomic mass is 32.2. The first-order chi connectivity index (χ1) is 7.89. The molecule has 1 aliphatic rings. The number of piperazine rings is 1. The molecule has 0 aromatic heterocycles. The summed E-state index contributed by atoms with van der Waals surface area (Å²) in [6.07, 6.45) is -0.0830. The number of sulfone groups is 1. The first-order valence-electron chi connectivity index (χ1n) is 5.83. The van der Waals surface area contributed by atoms with E-state index in [-0.39, 0.29) is 17.9 Å². The maximum Gasteiger partial charge on any atom is 0.218 e. The van der Waals surface area contributed by atoms with Crippen molar-refractivity contribution in [3.8, 4) is 0 Å². The molecule has 1 atom stereocenters. The van der Waals surface area contributed by atoms with E-state index in [4.69, 9.17) is 5.73 Å². The van der Waals surface area contributed by atoms with Gasteiger partial charge in [-0.15, -0.1) is 0 Å². The first-order valence-corrected chi connectivity index (χ1v) is 7.65.